The maximum atomic E-state index is 13.2. The Bertz CT molecular complexity index is 721. The van der Waals surface area contributed by atoms with Crippen molar-refractivity contribution >= 4 is 5.78 Å². The monoisotopic (exact) mass is 354 g/mol. The molecule has 0 aliphatic heterocycles. The molecule has 0 bridgehead atoms. The Balaban J connectivity index is 2.59. The predicted molar refractivity (Wildman–Crippen MR) is 106 cm³/mol. The average molecular weight is 354 g/mol. The summed E-state index contributed by atoms with van der Waals surface area (Å²) in [5, 5.41) is 20.4. The first kappa shape index (κ1) is 20.3. The lowest BCUT2D eigenvalue weighted by Crippen LogP contribution is -2.12. The molecule has 0 saturated heterocycles. The highest BCUT2D eigenvalue weighted by atomic mass is 16.3. The molecule has 0 aliphatic rings. The van der Waals surface area contributed by atoms with Crippen molar-refractivity contribution in [3.05, 3.63) is 69.8 Å². The molecule has 2 unspecified atom stereocenters. The molecule has 2 N–H and O–H groups in total. The molecule has 0 aromatic heterocycles. The Hall–Kier alpha value is -1.97. The van der Waals surface area contributed by atoms with Gasteiger partial charge in [0.2, 0.25) is 0 Å². The largest absolute Gasteiger partial charge is 0.389 e. The summed E-state index contributed by atoms with van der Waals surface area (Å²) in [5.74, 6) is 0.465. The van der Waals surface area contributed by atoms with Crippen LogP contribution in [-0.2, 0) is 0 Å². The SMILES string of the molecule is CC(C)c1ccc(C(=O)c2ccc(C(C)C)cc2C(C)O)c(C(C)O)c1. The average Bonchev–Trinajstić information content (AvgIpc) is 2.59. The fraction of sp³-hybridized carbons (Fsp3) is 0.435. The lowest BCUT2D eigenvalue weighted by atomic mass is 9.87. The molecule has 2 aromatic carbocycles. The topological polar surface area (TPSA) is 57.5 Å². The van der Waals surface area contributed by atoms with Gasteiger partial charge in [0.1, 0.15) is 0 Å². The summed E-state index contributed by atoms with van der Waals surface area (Å²) < 4.78 is 0. The zero-order valence-corrected chi connectivity index (χ0v) is 16.6. The van der Waals surface area contributed by atoms with E-state index < -0.39 is 12.2 Å². The van der Waals surface area contributed by atoms with Gasteiger partial charge in [-0.3, -0.25) is 4.79 Å². The van der Waals surface area contributed by atoms with Crippen molar-refractivity contribution in [1.29, 1.82) is 0 Å². The van der Waals surface area contributed by atoms with Crippen molar-refractivity contribution in [2.75, 3.05) is 0 Å². The highest BCUT2D eigenvalue weighted by Gasteiger charge is 2.22. The van der Waals surface area contributed by atoms with E-state index >= 15 is 0 Å². The van der Waals surface area contributed by atoms with E-state index in [1.807, 2.05) is 24.3 Å². The van der Waals surface area contributed by atoms with Gasteiger partial charge in [0.25, 0.3) is 0 Å². The van der Waals surface area contributed by atoms with Crippen LogP contribution in [0.3, 0.4) is 0 Å². The molecule has 2 rings (SSSR count). The van der Waals surface area contributed by atoms with Crippen LogP contribution >= 0.6 is 0 Å². The fourth-order valence-corrected chi connectivity index (χ4v) is 3.13. The van der Waals surface area contributed by atoms with Crippen LogP contribution in [0, 0.1) is 0 Å². The lowest BCUT2D eigenvalue weighted by Gasteiger charge is -2.18. The van der Waals surface area contributed by atoms with Crippen LogP contribution in [0.4, 0.5) is 0 Å². The highest BCUT2D eigenvalue weighted by Crippen LogP contribution is 2.29. The molecule has 3 nitrogen and oxygen atoms in total. The predicted octanol–water partition coefficient (Wildman–Crippen LogP) is 5.27. The third kappa shape index (κ3) is 4.22. The van der Waals surface area contributed by atoms with Gasteiger partial charge in [-0.1, -0.05) is 64.1 Å². The molecular formula is C23H30O3. The summed E-state index contributed by atoms with van der Waals surface area (Å²) in [5.41, 5.74) is 4.41. The van der Waals surface area contributed by atoms with Crippen LogP contribution < -0.4 is 0 Å². The van der Waals surface area contributed by atoms with Crippen LogP contribution in [0.1, 0.15) is 104 Å². The Labute approximate surface area is 156 Å². The van der Waals surface area contributed by atoms with Gasteiger partial charge < -0.3 is 10.2 Å². The second-order valence-electron chi connectivity index (χ2n) is 7.68. The number of carbonyl (C=O) groups is 1. The van der Waals surface area contributed by atoms with E-state index in [9.17, 15) is 15.0 Å². The van der Waals surface area contributed by atoms with Gasteiger partial charge in [-0.15, -0.1) is 0 Å². The molecule has 2 atom stereocenters. The highest BCUT2D eigenvalue weighted by molar-refractivity contribution is 6.11. The lowest BCUT2D eigenvalue weighted by molar-refractivity contribution is 0.102. The molecular weight excluding hydrogens is 324 g/mol. The van der Waals surface area contributed by atoms with Gasteiger partial charge in [-0.25, -0.2) is 0 Å². The number of hydrogen-bond acceptors (Lipinski definition) is 3. The van der Waals surface area contributed by atoms with Gasteiger partial charge in [0, 0.05) is 11.1 Å². The molecule has 2 aromatic rings. The normalized spacial score (nSPS) is 13.9. The van der Waals surface area contributed by atoms with Crippen molar-refractivity contribution in [1.82, 2.24) is 0 Å². The van der Waals surface area contributed by atoms with Crippen LogP contribution in [0.5, 0.6) is 0 Å². The minimum absolute atomic E-state index is 0.164. The summed E-state index contributed by atoms with van der Waals surface area (Å²) >= 11 is 0. The third-order valence-electron chi connectivity index (χ3n) is 4.87. The maximum Gasteiger partial charge on any atom is 0.193 e. The molecule has 140 valence electrons. The zero-order chi connectivity index (χ0) is 19.6. The quantitative estimate of drug-likeness (QED) is 0.695. The number of ketones is 1. The van der Waals surface area contributed by atoms with Gasteiger partial charge in [-0.2, -0.15) is 0 Å². The van der Waals surface area contributed by atoms with Gasteiger partial charge in [-0.05, 0) is 47.9 Å². The molecule has 0 fully saturated rings. The summed E-state index contributed by atoms with van der Waals surface area (Å²) in [6, 6.07) is 11.3. The first-order chi connectivity index (χ1) is 12.1. The molecule has 0 spiro atoms. The summed E-state index contributed by atoms with van der Waals surface area (Å²) in [6.45, 7) is 11.7. The summed E-state index contributed by atoms with van der Waals surface area (Å²) in [7, 11) is 0. The van der Waals surface area contributed by atoms with E-state index in [0.29, 0.717) is 34.1 Å². The van der Waals surface area contributed by atoms with Gasteiger partial charge in [0.05, 0.1) is 12.2 Å². The third-order valence-corrected chi connectivity index (χ3v) is 4.87. The number of benzene rings is 2. The molecule has 0 saturated carbocycles. The van der Waals surface area contributed by atoms with Crippen molar-refractivity contribution in [2.24, 2.45) is 0 Å². The zero-order valence-electron chi connectivity index (χ0n) is 16.6. The number of rotatable bonds is 6. The van der Waals surface area contributed by atoms with Gasteiger partial charge in [0.15, 0.2) is 5.78 Å². The maximum absolute atomic E-state index is 13.2. The minimum atomic E-state index is -0.738. The Morgan fingerprint density at radius 3 is 1.31 bits per heavy atom. The van der Waals surface area contributed by atoms with E-state index in [2.05, 4.69) is 27.7 Å². The molecule has 0 heterocycles. The first-order valence-corrected chi connectivity index (χ1v) is 9.32. The number of aliphatic hydroxyl groups excluding tert-OH is 2. The number of hydrogen-bond donors (Lipinski definition) is 2. The molecule has 0 radical (unpaired) electrons. The molecule has 3 heteroatoms. The smallest absolute Gasteiger partial charge is 0.193 e. The van der Waals surface area contributed by atoms with Crippen LogP contribution in [0.15, 0.2) is 36.4 Å². The number of carbonyl (C=O) groups excluding carboxylic acids is 1. The van der Waals surface area contributed by atoms with Crippen molar-refractivity contribution in [2.45, 2.75) is 65.6 Å². The van der Waals surface area contributed by atoms with E-state index in [-0.39, 0.29) is 5.78 Å². The van der Waals surface area contributed by atoms with Crippen molar-refractivity contribution < 1.29 is 15.0 Å². The van der Waals surface area contributed by atoms with Crippen LogP contribution in [-0.4, -0.2) is 16.0 Å². The van der Waals surface area contributed by atoms with E-state index in [4.69, 9.17) is 0 Å². The Morgan fingerprint density at radius 2 is 1.04 bits per heavy atom. The minimum Gasteiger partial charge on any atom is -0.389 e. The van der Waals surface area contributed by atoms with Crippen molar-refractivity contribution in [3.63, 3.8) is 0 Å². The summed E-state index contributed by atoms with van der Waals surface area (Å²) in [6.07, 6.45) is -1.48. The Morgan fingerprint density at radius 1 is 0.692 bits per heavy atom. The van der Waals surface area contributed by atoms with E-state index in [1.165, 1.54) is 0 Å². The molecule has 0 amide bonds. The fourth-order valence-electron chi connectivity index (χ4n) is 3.13. The van der Waals surface area contributed by atoms with Crippen LogP contribution in [0.2, 0.25) is 0 Å². The number of aliphatic hydroxyl groups is 2. The second-order valence-corrected chi connectivity index (χ2v) is 7.68. The first-order valence-electron chi connectivity index (χ1n) is 9.32. The summed E-state index contributed by atoms with van der Waals surface area (Å²) in [4.78, 5) is 13.2. The van der Waals surface area contributed by atoms with E-state index in [0.717, 1.165) is 11.1 Å². The Kier molecular flexibility index (Phi) is 6.38. The van der Waals surface area contributed by atoms with E-state index in [1.54, 1.807) is 26.0 Å². The molecule has 0 aliphatic carbocycles. The van der Waals surface area contributed by atoms with Crippen LogP contribution in [0.25, 0.3) is 0 Å². The van der Waals surface area contributed by atoms with Crippen molar-refractivity contribution in [3.8, 4) is 0 Å². The molecule has 26 heavy (non-hydrogen) atoms. The van der Waals surface area contributed by atoms with Gasteiger partial charge >= 0.3 is 0 Å². The standard InChI is InChI=1S/C23H30O3/c1-13(2)17-7-9-19(21(11-17)15(5)24)23(26)20-10-8-18(14(3)4)12-22(20)16(6)25/h7-16,24-25H,1-6H3. The second kappa shape index (κ2) is 8.15.